The molecule has 0 radical (unpaired) electrons. The number of rotatable bonds is 4. The minimum Gasteiger partial charge on any atom is -0.348 e. The summed E-state index contributed by atoms with van der Waals surface area (Å²) in [5, 5.41) is 8.37. The molecule has 1 aliphatic rings. The van der Waals surface area contributed by atoms with Crippen molar-refractivity contribution in [2.75, 3.05) is 0 Å². The highest BCUT2D eigenvalue weighted by atomic mass is 35.5. The van der Waals surface area contributed by atoms with Gasteiger partial charge < -0.3 is 5.32 Å². The van der Waals surface area contributed by atoms with Crippen LogP contribution in [0.25, 0.3) is 16.9 Å². The summed E-state index contributed by atoms with van der Waals surface area (Å²) >= 11 is 12.2. The molecule has 4 rings (SSSR count). The van der Waals surface area contributed by atoms with Crippen LogP contribution in [0.15, 0.2) is 48.5 Å². The molecule has 1 aromatic heterocycles. The van der Waals surface area contributed by atoms with Crippen LogP contribution >= 0.6 is 23.2 Å². The molecular weight excluding hydrogens is 412 g/mol. The van der Waals surface area contributed by atoms with Gasteiger partial charge in [0.05, 0.1) is 21.4 Å². The summed E-state index contributed by atoms with van der Waals surface area (Å²) in [5.74, 6) is -0.636. The van der Waals surface area contributed by atoms with Crippen molar-refractivity contribution in [2.45, 2.75) is 38.1 Å². The summed E-state index contributed by atoms with van der Waals surface area (Å²) in [6.45, 7) is 0. The summed E-state index contributed by atoms with van der Waals surface area (Å²) in [5.41, 5.74) is 1.61. The molecule has 4 nitrogen and oxygen atoms in total. The van der Waals surface area contributed by atoms with E-state index < -0.39 is 5.82 Å². The predicted molar refractivity (Wildman–Crippen MR) is 113 cm³/mol. The maximum atomic E-state index is 14.3. The zero-order valence-electron chi connectivity index (χ0n) is 15.7. The molecule has 1 N–H and O–H groups in total. The van der Waals surface area contributed by atoms with Gasteiger partial charge in [-0.1, -0.05) is 54.6 Å². The summed E-state index contributed by atoms with van der Waals surface area (Å²) in [6.07, 6.45) is 5.35. The molecule has 7 heteroatoms. The Morgan fingerprint density at radius 3 is 2.52 bits per heavy atom. The van der Waals surface area contributed by atoms with Gasteiger partial charge in [-0.15, -0.1) is 0 Å². The maximum absolute atomic E-state index is 14.3. The molecule has 0 unspecified atom stereocenters. The molecular formula is C22H20Cl2FN3O. The van der Waals surface area contributed by atoms with E-state index in [1.165, 1.54) is 17.2 Å². The lowest BCUT2D eigenvalue weighted by atomic mass is 9.95. The number of hydrogen-bond acceptors (Lipinski definition) is 2. The van der Waals surface area contributed by atoms with Gasteiger partial charge in [-0.3, -0.25) is 4.79 Å². The monoisotopic (exact) mass is 431 g/mol. The number of amides is 1. The number of nitrogens with one attached hydrogen (secondary N) is 1. The van der Waals surface area contributed by atoms with Crippen LogP contribution in [-0.4, -0.2) is 21.7 Å². The van der Waals surface area contributed by atoms with E-state index >= 15 is 0 Å². The van der Waals surface area contributed by atoms with Crippen molar-refractivity contribution in [1.29, 1.82) is 0 Å². The van der Waals surface area contributed by atoms with Gasteiger partial charge in [0.2, 0.25) is 0 Å². The summed E-state index contributed by atoms with van der Waals surface area (Å²) in [6, 6.07) is 13.1. The molecule has 0 atom stereocenters. The Balaban J connectivity index is 1.76. The highest BCUT2D eigenvalue weighted by Crippen LogP contribution is 2.28. The average molecular weight is 432 g/mol. The zero-order chi connectivity index (χ0) is 20.4. The molecule has 0 spiro atoms. The number of hydrogen-bond donors (Lipinski definition) is 1. The Labute approximate surface area is 178 Å². The van der Waals surface area contributed by atoms with Crippen LogP contribution in [0, 0.1) is 5.82 Å². The van der Waals surface area contributed by atoms with Crippen molar-refractivity contribution in [3.05, 3.63) is 70.1 Å². The van der Waals surface area contributed by atoms with Crippen molar-refractivity contribution >= 4 is 29.1 Å². The Bertz CT molecular complexity index is 1040. The molecule has 1 amide bonds. The van der Waals surface area contributed by atoms with Crippen LogP contribution in [0.3, 0.4) is 0 Å². The van der Waals surface area contributed by atoms with Crippen molar-refractivity contribution < 1.29 is 9.18 Å². The average Bonchev–Trinajstić information content (AvgIpc) is 3.16. The van der Waals surface area contributed by atoms with Gasteiger partial charge in [0.25, 0.3) is 5.91 Å². The first kappa shape index (κ1) is 19.9. The second-order valence-corrected chi connectivity index (χ2v) is 8.03. The molecule has 1 heterocycles. The Morgan fingerprint density at radius 2 is 1.79 bits per heavy atom. The lowest BCUT2D eigenvalue weighted by Gasteiger charge is -2.22. The van der Waals surface area contributed by atoms with Gasteiger partial charge in [0, 0.05) is 11.6 Å². The normalized spacial score (nSPS) is 14.7. The van der Waals surface area contributed by atoms with E-state index in [4.69, 9.17) is 23.2 Å². The predicted octanol–water partition coefficient (Wildman–Crippen LogP) is 6.05. The van der Waals surface area contributed by atoms with Crippen molar-refractivity contribution in [1.82, 2.24) is 15.1 Å². The van der Waals surface area contributed by atoms with Crippen LogP contribution in [-0.2, 0) is 0 Å². The van der Waals surface area contributed by atoms with Crippen molar-refractivity contribution in [3.8, 4) is 16.9 Å². The first-order chi connectivity index (χ1) is 14.0. The van der Waals surface area contributed by atoms with Gasteiger partial charge in [0.1, 0.15) is 11.5 Å². The van der Waals surface area contributed by atoms with Crippen LogP contribution in [0.1, 0.15) is 42.6 Å². The van der Waals surface area contributed by atoms with E-state index in [0.29, 0.717) is 32.7 Å². The van der Waals surface area contributed by atoms with Crippen molar-refractivity contribution in [3.63, 3.8) is 0 Å². The Kier molecular flexibility index (Phi) is 5.88. The molecule has 1 aliphatic carbocycles. The number of carbonyl (C=O) groups is 1. The fourth-order valence-corrected chi connectivity index (χ4v) is 3.96. The molecule has 2 aromatic carbocycles. The smallest absolute Gasteiger partial charge is 0.270 e. The fourth-order valence-electron chi connectivity index (χ4n) is 3.66. The van der Waals surface area contributed by atoms with Crippen LogP contribution in [0.2, 0.25) is 10.0 Å². The van der Waals surface area contributed by atoms with Gasteiger partial charge in [-0.05, 0) is 49.2 Å². The SMILES string of the molecule is O=C(NC1CCCCC1)c1cc(-c2ccccc2F)nn1-c1ccc(Cl)c(Cl)c1. The lowest BCUT2D eigenvalue weighted by molar-refractivity contribution is 0.0920. The molecule has 29 heavy (non-hydrogen) atoms. The lowest BCUT2D eigenvalue weighted by Crippen LogP contribution is -2.37. The van der Waals surface area contributed by atoms with E-state index in [1.54, 1.807) is 42.5 Å². The highest BCUT2D eigenvalue weighted by molar-refractivity contribution is 6.42. The second kappa shape index (κ2) is 8.56. The standard InChI is InChI=1S/C22H20Cl2FN3O/c23-17-11-10-15(12-18(17)24)28-21(22(29)26-14-6-2-1-3-7-14)13-20(27-28)16-8-4-5-9-19(16)25/h4-5,8-14H,1-3,6-7H2,(H,26,29). The Hall–Kier alpha value is -2.37. The third kappa shape index (κ3) is 4.31. The van der Waals surface area contributed by atoms with Crippen LogP contribution in [0.5, 0.6) is 0 Å². The zero-order valence-corrected chi connectivity index (χ0v) is 17.2. The van der Waals surface area contributed by atoms with Crippen LogP contribution < -0.4 is 5.32 Å². The highest BCUT2D eigenvalue weighted by Gasteiger charge is 2.22. The molecule has 1 saturated carbocycles. The molecule has 1 fully saturated rings. The largest absolute Gasteiger partial charge is 0.348 e. The first-order valence-corrected chi connectivity index (χ1v) is 10.4. The minimum atomic E-state index is -0.398. The molecule has 0 saturated heterocycles. The molecule has 0 bridgehead atoms. The maximum Gasteiger partial charge on any atom is 0.270 e. The topological polar surface area (TPSA) is 46.9 Å². The number of carbonyl (C=O) groups excluding carboxylic acids is 1. The van der Waals surface area contributed by atoms with Gasteiger partial charge >= 0.3 is 0 Å². The quantitative estimate of drug-likeness (QED) is 0.546. The van der Waals surface area contributed by atoms with Gasteiger partial charge in [-0.25, -0.2) is 9.07 Å². The summed E-state index contributed by atoms with van der Waals surface area (Å²) in [7, 11) is 0. The van der Waals surface area contributed by atoms with E-state index in [-0.39, 0.29) is 11.9 Å². The molecule has 0 aliphatic heterocycles. The molecule has 3 aromatic rings. The number of benzene rings is 2. The summed E-state index contributed by atoms with van der Waals surface area (Å²) < 4.78 is 15.8. The van der Waals surface area contributed by atoms with E-state index in [1.807, 2.05) is 0 Å². The van der Waals surface area contributed by atoms with Gasteiger partial charge in [-0.2, -0.15) is 5.10 Å². The minimum absolute atomic E-state index is 0.144. The van der Waals surface area contributed by atoms with Crippen molar-refractivity contribution in [2.24, 2.45) is 0 Å². The third-order valence-electron chi connectivity index (χ3n) is 5.18. The van der Waals surface area contributed by atoms with Gasteiger partial charge in [0.15, 0.2) is 0 Å². The van der Waals surface area contributed by atoms with Crippen LogP contribution in [0.4, 0.5) is 4.39 Å². The van der Waals surface area contributed by atoms with E-state index in [2.05, 4.69) is 10.4 Å². The number of nitrogens with zero attached hydrogens (tertiary/aromatic N) is 2. The second-order valence-electron chi connectivity index (χ2n) is 7.21. The third-order valence-corrected chi connectivity index (χ3v) is 5.92. The Morgan fingerprint density at radius 1 is 1.03 bits per heavy atom. The summed E-state index contributed by atoms with van der Waals surface area (Å²) in [4.78, 5) is 13.1. The van der Waals surface area contributed by atoms with E-state index in [9.17, 15) is 9.18 Å². The van der Waals surface area contributed by atoms with E-state index in [0.717, 1.165) is 25.7 Å². The number of aromatic nitrogens is 2. The first-order valence-electron chi connectivity index (χ1n) is 9.64. The fraction of sp³-hybridized carbons (Fsp3) is 0.273. The number of halogens is 3. The molecule has 150 valence electrons.